The predicted octanol–water partition coefficient (Wildman–Crippen LogP) is 3.01. The molecule has 0 radical (unpaired) electrons. The standard InChI is InChI=1S/C20H19N3O3/c1-12(2)18-21-19-16(20(25)23(18)11-13-7-6-10-26-13)17(24)14-8-4-5-9-15(14)22(19)3/h4-10,12H,11H2,1-3H3. The fourth-order valence-corrected chi connectivity index (χ4v) is 3.36. The molecule has 6 heteroatoms. The van der Waals surface area contributed by atoms with Crippen molar-refractivity contribution >= 4 is 21.9 Å². The van der Waals surface area contributed by atoms with Crippen molar-refractivity contribution in [2.45, 2.75) is 26.3 Å². The molecule has 4 aromatic rings. The average molecular weight is 349 g/mol. The van der Waals surface area contributed by atoms with Crippen molar-refractivity contribution in [3.63, 3.8) is 0 Å². The van der Waals surface area contributed by atoms with Crippen LogP contribution in [0.5, 0.6) is 0 Å². The summed E-state index contributed by atoms with van der Waals surface area (Å²) in [4.78, 5) is 31.0. The SMILES string of the molecule is CC(C)c1nc2c(c(=O)c3ccccc3n2C)c(=O)n1Cc1ccco1. The zero-order chi connectivity index (χ0) is 18.4. The van der Waals surface area contributed by atoms with E-state index in [1.165, 1.54) is 0 Å². The van der Waals surface area contributed by atoms with Gasteiger partial charge in [0.15, 0.2) is 5.65 Å². The number of para-hydroxylation sites is 1. The van der Waals surface area contributed by atoms with Crippen LogP contribution in [0.15, 0.2) is 56.7 Å². The largest absolute Gasteiger partial charge is 0.467 e. The first-order chi connectivity index (χ1) is 12.5. The Morgan fingerprint density at radius 3 is 2.58 bits per heavy atom. The van der Waals surface area contributed by atoms with Gasteiger partial charge in [-0.1, -0.05) is 26.0 Å². The van der Waals surface area contributed by atoms with Crippen molar-refractivity contribution < 1.29 is 4.42 Å². The van der Waals surface area contributed by atoms with E-state index in [0.717, 1.165) is 5.52 Å². The lowest BCUT2D eigenvalue weighted by atomic mass is 10.1. The monoisotopic (exact) mass is 349 g/mol. The number of aromatic nitrogens is 3. The second kappa shape index (κ2) is 5.98. The first-order valence-electron chi connectivity index (χ1n) is 8.53. The van der Waals surface area contributed by atoms with Crippen molar-refractivity contribution in [1.82, 2.24) is 14.1 Å². The highest BCUT2D eigenvalue weighted by molar-refractivity contribution is 5.91. The zero-order valence-corrected chi connectivity index (χ0v) is 14.9. The van der Waals surface area contributed by atoms with E-state index in [4.69, 9.17) is 9.40 Å². The summed E-state index contributed by atoms with van der Waals surface area (Å²) in [6.45, 7) is 4.20. The van der Waals surface area contributed by atoms with E-state index in [2.05, 4.69) is 0 Å². The molecule has 132 valence electrons. The summed E-state index contributed by atoms with van der Waals surface area (Å²) in [5.41, 5.74) is 0.560. The molecule has 0 aliphatic rings. The highest BCUT2D eigenvalue weighted by atomic mass is 16.3. The molecule has 3 aromatic heterocycles. The molecule has 0 spiro atoms. The summed E-state index contributed by atoms with van der Waals surface area (Å²) < 4.78 is 8.75. The van der Waals surface area contributed by atoms with E-state index < -0.39 is 0 Å². The third-order valence-corrected chi connectivity index (χ3v) is 4.64. The molecule has 0 amide bonds. The highest BCUT2D eigenvalue weighted by Gasteiger charge is 2.20. The van der Waals surface area contributed by atoms with Gasteiger partial charge in [-0.25, -0.2) is 4.98 Å². The molecular formula is C20H19N3O3. The van der Waals surface area contributed by atoms with Crippen LogP contribution in [0.2, 0.25) is 0 Å². The number of fused-ring (bicyclic) bond motifs is 2. The molecule has 0 N–H and O–H groups in total. The Labute approximate surface area is 149 Å². The second-order valence-electron chi connectivity index (χ2n) is 6.70. The van der Waals surface area contributed by atoms with Crippen LogP contribution in [-0.2, 0) is 13.6 Å². The van der Waals surface area contributed by atoms with Gasteiger partial charge in [0, 0.05) is 18.4 Å². The molecule has 0 saturated carbocycles. The van der Waals surface area contributed by atoms with Crippen LogP contribution >= 0.6 is 0 Å². The summed E-state index contributed by atoms with van der Waals surface area (Å²) in [6.07, 6.45) is 1.57. The van der Waals surface area contributed by atoms with Crippen LogP contribution in [-0.4, -0.2) is 14.1 Å². The van der Waals surface area contributed by atoms with E-state index >= 15 is 0 Å². The summed E-state index contributed by atoms with van der Waals surface area (Å²) in [5.74, 6) is 1.29. The first kappa shape index (κ1) is 16.3. The van der Waals surface area contributed by atoms with Gasteiger partial charge in [-0.2, -0.15) is 0 Å². The number of nitrogens with zero attached hydrogens (tertiary/aromatic N) is 3. The van der Waals surface area contributed by atoms with Crippen molar-refractivity contribution in [2.24, 2.45) is 7.05 Å². The number of aryl methyl sites for hydroxylation is 1. The van der Waals surface area contributed by atoms with E-state index in [1.807, 2.05) is 37.6 Å². The summed E-state index contributed by atoms with van der Waals surface area (Å²) in [7, 11) is 1.83. The van der Waals surface area contributed by atoms with E-state index in [0.29, 0.717) is 22.6 Å². The molecule has 0 aliphatic carbocycles. The molecule has 0 atom stereocenters. The average Bonchev–Trinajstić information content (AvgIpc) is 3.14. The fourth-order valence-electron chi connectivity index (χ4n) is 3.36. The van der Waals surface area contributed by atoms with Crippen LogP contribution < -0.4 is 11.0 Å². The molecule has 1 aromatic carbocycles. The Morgan fingerprint density at radius 1 is 1.12 bits per heavy atom. The minimum Gasteiger partial charge on any atom is -0.467 e. The number of hydrogen-bond acceptors (Lipinski definition) is 4. The second-order valence-corrected chi connectivity index (χ2v) is 6.70. The van der Waals surface area contributed by atoms with Crippen LogP contribution in [0.4, 0.5) is 0 Å². The predicted molar refractivity (Wildman–Crippen MR) is 101 cm³/mol. The number of rotatable bonds is 3. The molecule has 0 aliphatic heterocycles. The van der Waals surface area contributed by atoms with Crippen LogP contribution in [0.1, 0.15) is 31.4 Å². The lowest BCUT2D eigenvalue weighted by Crippen LogP contribution is -2.31. The minimum absolute atomic E-state index is 0.0173. The maximum absolute atomic E-state index is 13.3. The van der Waals surface area contributed by atoms with Crippen molar-refractivity contribution in [2.75, 3.05) is 0 Å². The molecule has 0 saturated heterocycles. The molecule has 3 heterocycles. The van der Waals surface area contributed by atoms with Crippen molar-refractivity contribution in [3.05, 3.63) is 74.8 Å². The smallest absolute Gasteiger partial charge is 0.267 e. The summed E-state index contributed by atoms with van der Waals surface area (Å²) in [6, 6.07) is 10.8. The van der Waals surface area contributed by atoms with E-state index in [-0.39, 0.29) is 28.8 Å². The van der Waals surface area contributed by atoms with Gasteiger partial charge < -0.3 is 8.98 Å². The first-order valence-corrected chi connectivity index (χ1v) is 8.53. The molecule has 0 fully saturated rings. The number of hydrogen-bond donors (Lipinski definition) is 0. The van der Waals surface area contributed by atoms with Gasteiger partial charge in [0.1, 0.15) is 17.0 Å². The molecule has 6 nitrogen and oxygen atoms in total. The highest BCUT2D eigenvalue weighted by Crippen LogP contribution is 2.18. The Balaban J connectivity index is 2.15. The third kappa shape index (κ3) is 2.37. The molecule has 26 heavy (non-hydrogen) atoms. The van der Waals surface area contributed by atoms with Gasteiger partial charge in [-0.15, -0.1) is 0 Å². The van der Waals surface area contributed by atoms with Gasteiger partial charge in [0.05, 0.1) is 18.3 Å². The lowest BCUT2D eigenvalue weighted by molar-refractivity contribution is 0.478. The van der Waals surface area contributed by atoms with Gasteiger partial charge >= 0.3 is 0 Å². The number of benzene rings is 1. The maximum atomic E-state index is 13.3. The maximum Gasteiger partial charge on any atom is 0.267 e. The molecule has 0 unspecified atom stereocenters. The minimum atomic E-state index is -0.332. The quantitative estimate of drug-likeness (QED) is 0.533. The number of furan rings is 1. The number of pyridine rings is 1. The van der Waals surface area contributed by atoms with Crippen molar-refractivity contribution in [3.8, 4) is 0 Å². The Hall–Kier alpha value is -3.15. The normalized spacial score (nSPS) is 11.7. The third-order valence-electron chi connectivity index (χ3n) is 4.64. The van der Waals surface area contributed by atoms with Crippen LogP contribution in [0.3, 0.4) is 0 Å². The van der Waals surface area contributed by atoms with Gasteiger partial charge in [0.2, 0.25) is 5.43 Å². The topological polar surface area (TPSA) is 70.0 Å². The Morgan fingerprint density at radius 2 is 1.88 bits per heavy atom. The van der Waals surface area contributed by atoms with Gasteiger partial charge in [-0.3, -0.25) is 14.2 Å². The summed E-state index contributed by atoms with van der Waals surface area (Å²) in [5, 5.41) is 0.630. The fraction of sp³-hybridized carbons (Fsp3) is 0.250. The molecule has 4 rings (SSSR count). The molecule has 0 bridgehead atoms. The lowest BCUT2D eigenvalue weighted by Gasteiger charge is -2.17. The Kier molecular flexibility index (Phi) is 3.76. The summed E-state index contributed by atoms with van der Waals surface area (Å²) >= 11 is 0. The van der Waals surface area contributed by atoms with E-state index in [9.17, 15) is 9.59 Å². The van der Waals surface area contributed by atoms with Gasteiger partial charge in [-0.05, 0) is 24.3 Å². The van der Waals surface area contributed by atoms with Gasteiger partial charge in [0.25, 0.3) is 5.56 Å². The zero-order valence-electron chi connectivity index (χ0n) is 14.9. The van der Waals surface area contributed by atoms with E-state index in [1.54, 1.807) is 35.1 Å². The molecular weight excluding hydrogens is 330 g/mol. The Bertz CT molecular complexity index is 1230. The van der Waals surface area contributed by atoms with Crippen LogP contribution in [0.25, 0.3) is 21.9 Å². The van der Waals surface area contributed by atoms with Crippen molar-refractivity contribution in [1.29, 1.82) is 0 Å². The van der Waals surface area contributed by atoms with Crippen LogP contribution in [0, 0.1) is 0 Å².